The molecule has 53 heavy (non-hydrogen) atoms. The van der Waals surface area contributed by atoms with Crippen molar-refractivity contribution in [1.29, 1.82) is 0 Å². The summed E-state index contributed by atoms with van der Waals surface area (Å²) in [6.45, 7) is 6.14. The number of morpholine rings is 1. The molecule has 0 bridgehead atoms. The first-order chi connectivity index (χ1) is 25.6. The lowest BCUT2D eigenvalue weighted by Crippen LogP contribution is -2.59. The maximum Gasteiger partial charge on any atom is 0.383 e. The van der Waals surface area contributed by atoms with Crippen LogP contribution in [-0.2, 0) is 41.6 Å². The summed E-state index contributed by atoms with van der Waals surface area (Å²) in [6, 6.07) is 8.56. The number of carbonyl (C=O) groups excluding carboxylic acids is 5. The minimum absolute atomic E-state index is 0.0698. The zero-order valence-electron chi connectivity index (χ0n) is 30.2. The predicted molar refractivity (Wildman–Crippen MR) is 195 cm³/mol. The number of hydrogen-bond acceptors (Lipinski definition) is 8. The van der Waals surface area contributed by atoms with E-state index in [0.29, 0.717) is 52.1 Å². The van der Waals surface area contributed by atoms with Gasteiger partial charge in [0.1, 0.15) is 12.1 Å². The molecule has 4 N–H and O–H groups in total. The maximum absolute atomic E-state index is 15.5. The van der Waals surface area contributed by atoms with Gasteiger partial charge in [-0.25, -0.2) is 0 Å². The largest absolute Gasteiger partial charge is 0.383 e. The minimum atomic E-state index is -4.41. The second-order valence-electron chi connectivity index (χ2n) is 13.7. The Bertz CT molecular complexity index is 1500. The van der Waals surface area contributed by atoms with Crippen molar-refractivity contribution in [2.45, 2.75) is 88.3 Å². The van der Waals surface area contributed by atoms with Crippen LogP contribution in [0.4, 0.5) is 8.78 Å². The molecule has 1 saturated heterocycles. The highest BCUT2D eigenvalue weighted by Crippen LogP contribution is 2.29. The van der Waals surface area contributed by atoms with Crippen LogP contribution in [0.3, 0.4) is 0 Å². The molecule has 1 aliphatic heterocycles. The fourth-order valence-corrected chi connectivity index (χ4v) is 6.65. The molecule has 2 unspecified atom stereocenters. The van der Waals surface area contributed by atoms with Gasteiger partial charge in [0.25, 0.3) is 5.91 Å². The van der Waals surface area contributed by atoms with Crippen LogP contribution in [0.2, 0.25) is 0 Å². The molecule has 1 saturated carbocycles. The van der Waals surface area contributed by atoms with E-state index in [1.54, 1.807) is 42.7 Å². The van der Waals surface area contributed by atoms with Crippen LogP contribution < -0.4 is 21.3 Å². The summed E-state index contributed by atoms with van der Waals surface area (Å²) in [5.41, 5.74) is 1.61. The van der Waals surface area contributed by atoms with Gasteiger partial charge >= 0.3 is 5.92 Å². The quantitative estimate of drug-likeness (QED) is 0.119. The average Bonchev–Trinajstić information content (AvgIpc) is 3.17. The number of carbonyl (C=O) groups is 5. The number of Topliss-reactive ketones (excluding diaryl/α,β-unsaturated/α-hetero) is 1. The highest BCUT2D eigenvalue weighted by atomic mass is 19.3. The van der Waals surface area contributed by atoms with E-state index in [1.165, 1.54) is 6.08 Å². The summed E-state index contributed by atoms with van der Waals surface area (Å²) in [7, 11) is 0. The normalized spacial score (nSPS) is 17.1. The molecule has 4 amide bonds. The van der Waals surface area contributed by atoms with Gasteiger partial charge in [0.2, 0.25) is 23.5 Å². The molecule has 14 heteroatoms. The number of nitrogens with zero attached hydrogens (tertiary/aromatic N) is 2. The molecule has 2 aliphatic rings. The Kier molecular flexibility index (Phi) is 16.5. The van der Waals surface area contributed by atoms with Crippen molar-refractivity contribution >= 4 is 29.4 Å². The van der Waals surface area contributed by atoms with E-state index in [2.05, 4.69) is 32.8 Å². The molecule has 1 aromatic heterocycles. The van der Waals surface area contributed by atoms with Crippen molar-refractivity contribution in [1.82, 2.24) is 31.2 Å². The second kappa shape index (κ2) is 21.2. The zero-order chi connectivity index (χ0) is 38.1. The Labute approximate surface area is 309 Å². The molecule has 1 aromatic carbocycles. The van der Waals surface area contributed by atoms with Gasteiger partial charge in [0.15, 0.2) is 0 Å². The lowest BCUT2D eigenvalue weighted by Gasteiger charge is -2.30. The van der Waals surface area contributed by atoms with Crippen molar-refractivity contribution in [2.24, 2.45) is 5.92 Å². The number of nitrogens with one attached hydrogen (secondary N) is 4. The predicted octanol–water partition coefficient (Wildman–Crippen LogP) is 2.91. The van der Waals surface area contributed by atoms with Crippen LogP contribution in [0.25, 0.3) is 0 Å². The standard InChI is InChI=1S/C39H52F2N6O6/c1-2-10-31(45-37(51)33(26-29-13-7-4-8-14-29)44-34(48)17-16-30-15-9-18-42-27-30)36(50)46-32(25-28-11-5-3-6-12-28)35(49)39(40,41)38(52)43-19-20-47-21-23-53-24-22-47/h2,4,7-9,13-15,18,27-28,31-33H,1,3,5-6,10-12,16-17,19-26H2,(H,43,52)(H,44,48)(H,45,51)(H,46,50)/t31-,32?,33?/m0/s1. The first-order valence-corrected chi connectivity index (χ1v) is 18.5. The number of halogens is 2. The number of amides is 4. The smallest absolute Gasteiger partial charge is 0.379 e. The number of aryl methyl sites for hydroxylation is 1. The summed E-state index contributed by atoms with van der Waals surface area (Å²) < 4.78 is 36.3. The van der Waals surface area contributed by atoms with Crippen LogP contribution in [0, 0.1) is 5.92 Å². The molecule has 288 valence electrons. The van der Waals surface area contributed by atoms with E-state index in [9.17, 15) is 24.0 Å². The summed E-state index contributed by atoms with van der Waals surface area (Å²) in [6.07, 6.45) is 9.22. The fraction of sp³-hybridized carbons (Fsp3) is 0.538. The van der Waals surface area contributed by atoms with Gasteiger partial charge in [0, 0.05) is 51.4 Å². The molecule has 2 heterocycles. The number of pyridine rings is 1. The lowest BCUT2D eigenvalue weighted by molar-refractivity contribution is -0.160. The summed E-state index contributed by atoms with van der Waals surface area (Å²) in [4.78, 5) is 72.7. The number of benzene rings is 1. The number of rotatable bonds is 20. The average molecular weight is 739 g/mol. The number of ketones is 1. The van der Waals surface area contributed by atoms with Crippen molar-refractivity contribution < 1.29 is 37.5 Å². The van der Waals surface area contributed by atoms with Gasteiger partial charge in [-0.3, -0.25) is 33.9 Å². The molecule has 1 aliphatic carbocycles. The second-order valence-corrected chi connectivity index (χ2v) is 13.7. The summed E-state index contributed by atoms with van der Waals surface area (Å²) in [5, 5.41) is 10.1. The number of aromatic nitrogens is 1. The van der Waals surface area contributed by atoms with E-state index >= 15 is 8.78 Å². The maximum atomic E-state index is 15.5. The van der Waals surface area contributed by atoms with Crippen LogP contribution in [-0.4, -0.2) is 103 Å². The van der Waals surface area contributed by atoms with E-state index in [4.69, 9.17) is 4.74 Å². The number of alkyl halides is 2. The monoisotopic (exact) mass is 738 g/mol. The summed E-state index contributed by atoms with van der Waals surface area (Å²) >= 11 is 0. The highest BCUT2D eigenvalue weighted by Gasteiger charge is 2.51. The number of hydrogen-bond donors (Lipinski definition) is 4. The first kappa shape index (κ1) is 41.2. The van der Waals surface area contributed by atoms with Crippen molar-refractivity contribution in [2.75, 3.05) is 39.4 Å². The molecule has 2 fully saturated rings. The third kappa shape index (κ3) is 13.4. The Morgan fingerprint density at radius 1 is 0.906 bits per heavy atom. The van der Waals surface area contributed by atoms with Gasteiger partial charge in [-0.05, 0) is 42.4 Å². The molecule has 0 spiro atoms. The third-order valence-electron chi connectivity index (χ3n) is 9.67. The Morgan fingerprint density at radius 2 is 1.58 bits per heavy atom. The first-order valence-electron chi connectivity index (χ1n) is 18.5. The Hall–Kier alpha value is -4.56. The lowest BCUT2D eigenvalue weighted by atomic mass is 9.83. The van der Waals surface area contributed by atoms with E-state index in [-0.39, 0.29) is 38.1 Å². The minimum Gasteiger partial charge on any atom is -0.379 e. The Balaban J connectivity index is 1.45. The van der Waals surface area contributed by atoms with Crippen molar-refractivity contribution in [3.8, 4) is 0 Å². The van der Waals surface area contributed by atoms with E-state index in [0.717, 1.165) is 30.4 Å². The van der Waals surface area contributed by atoms with Crippen LogP contribution in [0.1, 0.15) is 62.5 Å². The van der Waals surface area contributed by atoms with Gasteiger partial charge < -0.3 is 26.0 Å². The van der Waals surface area contributed by atoms with Gasteiger partial charge in [0.05, 0.1) is 19.3 Å². The van der Waals surface area contributed by atoms with Gasteiger partial charge in [-0.1, -0.05) is 74.6 Å². The molecule has 12 nitrogen and oxygen atoms in total. The van der Waals surface area contributed by atoms with E-state index in [1.807, 2.05) is 17.0 Å². The molecule has 3 atom stereocenters. The highest BCUT2D eigenvalue weighted by molar-refractivity contribution is 6.10. The van der Waals surface area contributed by atoms with Gasteiger partial charge in [-0.15, -0.1) is 6.58 Å². The molecule has 4 rings (SSSR count). The summed E-state index contributed by atoms with van der Waals surface area (Å²) in [5.74, 6) is -9.89. The third-order valence-corrected chi connectivity index (χ3v) is 9.67. The zero-order valence-corrected chi connectivity index (χ0v) is 30.2. The van der Waals surface area contributed by atoms with Crippen LogP contribution in [0.15, 0.2) is 67.5 Å². The molecular weight excluding hydrogens is 686 g/mol. The number of ether oxygens (including phenoxy) is 1. The van der Waals surface area contributed by atoms with Crippen LogP contribution >= 0.6 is 0 Å². The molecular formula is C39H52F2N6O6. The van der Waals surface area contributed by atoms with Gasteiger partial charge in [-0.2, -0.15) is 8.78 Å². The topological polar surface area (TPSA) is 159 Å². The van der Waals surface area contributed by atoms with Crippen molar-refractivity contribution in [3.05, 3.63) is 78.6 Å². The van der Waals surface area contributed by atoms with E-state index < -0.39 is 53.5 Å². The van der Waals surface area contributed by atoms with Crippen LogP contribution in [0.5, 0.6) is 0 Å². The fourth-order valence-electron chi connectivity index (χ4n) is 6.65. The van der Waals surface area contributed by atoms with Crippen molar-refractivity contribution in [3.63, 3.8) is 0 Å². The SMILES string of the molecule is C=CC[C@H](NC(=O)C(Cc1ccccc1)NC(=O)CCc1cccnc1)C(=O)NC(CC1CCCCC1)C(=O)C(F)(F)C(=O)NCCN1CCOCC1. The molecule has 0 radical (unpaired) electrons. The Morgan fingerprint density at radius 3 is 2.26 bits per heavy atom. The molecule has 2 aromatic rings.